The molecule has 0 saturated heterocycles. The maximum Gasteiger partial charge on any atom is 0.0591 e. The van der Waals surface area contributed by atoms with Gasteiger partial charge in [-0.1, -0.05) is 25.5 Å². The van der Waals surface area contributed by atoms with E-state index in [-0.39, 0.29) is 11.6 Å². The summed E-state index contributed by atoms with van der Waals surface area (Å²) in [6.07, 6.45) is 13.4. The minimum atomic E-state index is -0.549. The summed E-state index contributed by atoms with van der Waals surface area (Å²) in [4.78, 5) is 0. The topological polar surface area (TPSA) is 66.5 Å². The van der Waals surface area contributed by atoms with E-state index in [1.807, 2.05) is 13.8 Å². The summed E-state index contributed by atoms with van der Waals surface area (Å²) in [5.41, 5.74) is 8.20. The highest BCUT2D eigenvalue weighted by Crippen LogP contribution is 2.65. The molecule has 0 radical (unpaired) electrons. The Hall–Kier alpha value is -0.380. The van der Waals surface area contributed by atoms with E-state index in [1.54, 1.807) is 0 Å². The molecule has 0 aromatic rings. The molecule has 3 saturated carbocycles. The number of hydrogen-bond donors (Lipinski definition) is 3. The van der Waals surface area contributed by atoms with E-state index in [2.05, 4.69) is 19.9 Å². The molecule has 160 valence electrons. The summed E-state index contributed by atoms with van der Waals surface area (Å²) in [5, 5.41) is 20.3. The first-order valence-electron chi connectivity index (χ1n) is 11.9. The SMILES string of the molecule is CC(CCC(C)(C)O)C1CCC2C3CC=C4C[C@@H](O)CC[C@]4(N)C3CC[C@]12C. The molecule has 3 fully saturated rings. The minimum Gasteiger partial charge on any atom is -0.393 e. The molecule has 4 N–H and O–H groups in total. The largest absolute Gasteiger partial charge is 0.393 e. The second-order valence-corrected chi connectivity index (χ2v) is 11.8. The Morgan fingerprint density at radius 2 is 1.93 bits per heavy atom. The van der Waals surface area contributed by atoms with Crippen molar-refractivity contribution in [2.45, 2.75) is 109 Å². The quantitative estimate of drug-likeness (QED) is 0.605. The van der Waals surface area contributed by atoms with Gasteiger partial charge < -0.3 is 15.9 Å². The number of fused-ring (bicyclic) bond motifs is 5. The van der Waals surface area contributed by atoms with E-state index >= 15 is 0 Å². The Balaban J connectivity index is 1.52. The highest BCUT2D eigenvalue weighted by molar-refractivity contribution is 5.30. The molecule has 0 heterocycles. The fraction of sp³-hybridized carbons (Fsp3) is 0.920. The van der Waals surface area contributed by atoms with Crippen molar-refractivity contribution in [2.75, 3.05) is 0 Å². The van der Waals surface area contributed by atoms with E-state index in [1.165, 1.54) is 37.7 Å². The lowest BCUT2D eigenvalue weighted by atomic mass is 9.49. The highest BCUT2D eigenvalue weighted by Gasteiger charge is 2.59. The fourth-order valence-corrected chi connectivity index (χ4v) is 8.10. The van der Waals surface area contributed by atoms with Crippen LogP contribution >= 0.6 is 0 Å². The Labute approximate surface area is 172 Å². The number of rotatable bonds is 4. The van der Waals surface area contributed by atoms with Gasteiger partial charge in [-0.3, -0.25) is 0 Å². The molecule has 0 bridgehead atoms. The van der Waals surface area contributed by atoms with E-state index in [0.29, 0.717) is 17.3 Å². The van der Waals surface area contributed by atoms with Gasteiger partial charge in [-0.25, -0.2) is 0 Å². The van der Waals surface area contributed by atoms with Crippen LogP contribution in [0.4, 0.5) is 0 Å². The van der Waals surface area contributed by atoms with Gasteiger partial charge in [-0.15, -0.1) is 0 Å². The van der Waals surface area contributed by atoms with E-state index in [4.69, 9.17) is 5.73 Å². The van der Waals surface area contributed by atoms with Gasteiger partial charge in [0.15, 0.2) is 0 Å². The molecule has 3 nitrogen and oxygen atoms in total. The third-order valence-corrected chi connectivity index (χ3v) is 9.65. The van der Waals surface area contributed by atoms with Crippen LogP contribution < -0.4 is 5.73 Å². The van der Waals surface area contributed by atoms with Crippen LogP contribution in [-0.4, -0.2) is 27.5 Å². The van der Waals surface area contributed by atoms with Crippen LogP contribution in [0.25, 0.3) is 0 Å². The summed E-state index contributed by atoms with van der Waals surface area (Å²) < 4.78 is 0. The molecule has 4 rings (SSSR count). The van der Waals surface area contributed by atoms with E-state index in [9.17, 15) is 10.2 Å². The Bertz CT molecular complexity index is 623. The van der Waals surface area contributed by atoms with Gasteiger partial charge in [-0.2, -0.15) is 0 Å². The van der Waals surface area contributed by atoms with Crippen molar-refractivity contribution in [1.82, 2.24) is 0 Å². The molecule has 0 aromatic carbocycles. The number of aliphatic hydroxyl groups excluding tert-OH is 1. The number of allylic oxidation sites excluding steroid dienone is 1. The van der Waals surface area contributed by atoms with Crippen LogP contribution in [-0.2, 0) is 0 Å². The zero-order valence-corrected chi connectivity index (χ0v) is 18.6. The molecule has 0 spiro atoms. The predicted molar refractivity (Wildman–Crippen MR) is 115 cm³/mol. The molecular formula is C25H43NO2. The predicted octanol–water partition coefficient (Wildman–Crippen LogP) is 4.80. The van der Waals surface area contributed by atoms with Crippen LogP contribution in [0.2, 0.25) is 0 Å². The Morgan fingerprint density at radius 1 is 1.18 bits per heavy atom. The van der Waals surface area contributed by atoms with Gasteiger partial charge in [0.05, 0.1) is 11.7 Å². The second kappa shape index (κ2) is 7.10. The van der Waals surface area contributed by atoms with Crippen LogP contribution in [0.1, 0.15) is 91.9 Å². The van der Waals surface area contributed by atoms with Crippen molar-refractivity contribution >= 4 is 0 Å². The first-order valence-corrected chi connectivity index (χ1v) is 11.9. The molecule has 28 heavy (non-hydrogen) atoms. The number of nitrogens with two attached hydrogens (primary N) is 1. The molecule has 0 amide bonds. The van der Waals surface area contributed by atoms with Gasteiger partial charge >= 0.3 is 0 Å². The third kappa shape index (κ3) is 3.40. The van der Waals surface area contributed by atoms with Gasteiger partial charge in [0.2, 0.25) is 0 Å². The zero-order valence-electron chi connectivity index (χ0n) is 18.6. The molecule has 0 aromatic heterocycles. The summed E-state index contributed by atoms with van der Waals surface area (Å²) in [6.45, 7) is 8.90. The minimum absolute atomic E-state index is 0.145. The van der Waals surface area contributed by atoms with Gasteiger partial charge in [-0.05, 0) is 113 Å². The van der Waals surface area contributed by atoms with Crippen molar-refractivity contribution in [1.29, 1.82) is 0 Å². The van der Waals surface area contributed by atoms with Gasteiger partial charge in [0.25, 0.3) is 0 Å². The first kappa shape index (κ1) is 20.9. The summed E-state index contributed by atoms with van der Waals surface area (Å²) >= 11 is 0. The van der Waals surface area contributed by atoms with Crippen LogP contribution in [0.3, 0.4) is 0 Å². The first-order chi connectivity index (χ1) is 13.0. The van der Waals surface area contributed by atoms with Crippen molar-refractivity contribution in [3.05, 3.63) is 11.6 Å². The standard InChI is InChI=1S/C25H43NO2/c1-16(9-12-23(2,3)28)20-7-8-21-19-6-5-17-15-18(27)10-14-25(17,26)22(19)11-13-24(20,21)4/h5,16,18-22,27-28H,6-15,26H2,1-4H3/t16?,18-,19?,20?,21?,22?,24+,25+/m0/s1. The van der Waals surface area contributed by atoms with E-state index < -0.39 is 5.60 Å². The maximum atomic E-state index is 10.2. The normalized spacial score (nSPS) is 47.0. The van der Waals surface area contributed by atoms with Gasteiger partial charge in [0, 0.05) is 5.54 Å². The van der Waals surface area contributed by atoms with Crippen molar-refractivity contribution < 1.29 is 10.2 Å². The lowest BCUT2D eigenvalue weighted by Gasteiger charge is -2.58. The van der Waals surface area contributed by atoms with Crippen molar-refractivity contribution in [3.63, 3.8) is 0 Å². The van der Waals surface area contributed by atoms with Crippen LogP contribution in [0, 0.1) is 35.0 Å². The molecule has 0 aliphatic heterocycles. The lowest BCUT2D eigenvalue weighted by Crippen LogP contribution is -2.60. The molecule has 5 unspecified atom stereocenters. The number of aliphatic hydroxyl groups is 2. The van der Waals surface area contributed by atoms with Crippen LogP contribution in [0.5, 0.6) is 0 Å². The monoisotopic (exact) mass is 389 g/mol. The summed E-state index contributed by atoms with van der Waals surface area (Å²) in [6, 6.07) is 0. The summed E-state index contributed by atoms with van der Waals surface area (Å²) in [5.74, 6) is 3.61. The van der Waals surface area contributed by atoms with E-state index in [0.717, 1.165) is 49.9 Å². The van der Waals surface area contributed by atoms with Crippen molar-refractivity contribution in [2.24, 2.45) is 40.7 Å². The smallest absolute Gasteiger partial charge is 0.0591 e. The molecule has 4 aliphatic carbocycles. The molecule has 3 heteroatoms. The number of hydrogen-bond acceptors (Lipinski definition) is 3. The molecular weight excluding hydrogens is 346 g/mol. The zero-order chi connectivity index (χ0) is 20.3. The highest BCUT2D eigenvalue weighted by atomic mass is 16.3. The van der Waals surface area contributed by atoms with Crippen LogP contribution in [0.15, 0.2) is 11.6 Å². The lowest BCUT2D eigenvalue weighted by molar-refractivity contribution is -0.0391. The molecule has 4 aliphatic rings. The average molecular weight is 390 g/mol. The molecule has 8 atom stereocenters. The van der Waals surface area contributed by atoms with Crippen molar-refractivity contribution in [3.8, 4) is 0 Å². The second-order valence-electron chi connectivity index (χ2n) is 11.8. The average Bonchev–Trinajstić information content (AvgIpc) is 2.97. The Morgan fingerprint density at radius 3 is 2.64 bits per heavy atom. The Kier molecular flexibility index (Phi) is 5.29. The van der Waals surface area contributed by atoms with Gasteiger partial charge in [0.1, 0.15) is 0 Å². The summed E-state index contributed by atoms with van der Waals surface area (Å²) in [7, 11) is 0. The third-order valence-electron chi connectivity index (χ3n) is 9.65. The maximum absolute atomic E-state index is 10.2. The fourth-order valence-electron chi connectivity index (χ4n) is 8.10.